The highest BCUT2D eigenvalue weighted by atomic mass is 16.5. The molecule has 194 valence electrons. The van der Waals surface area contributed by atoms with Gasteiger partial charge in [-0.25, -0.2) is 14.8 Å². The molecular weight excluding hydrogens is 486 g/mol. The first-order valence-corrected chi connectivity index (χ1v) is 10.8. The first-order chi connectivity index (χ1) is 17.6. The third kappa shape index (κ3) is 6.53. The van der Waals surface area contributed by atoms with Gasteiger partial charge in [-0.05, 0) is 30.7 Å². The van der Waals surface area contributed by atoms with Gasteiger partial charge < -0.3 is 37.3 Å². The Morgan fingerprint density at radius 1 is 0.973 bits per heavy atom. The Morgan fingerprint density at radius 2 is 1.68 bits per heavy atom. The summed E-state index contributed by atoms with van der Waals surface area (Å²) in [4.78, 5) is 64.1. The van der Waals surface area contributed by atoms with Crippen LogP contribution in [0.3, 0.4) is 0 Å². The number of nitrogen functional groups attached to an aromatic ring is 2. The van der Waals surface area contributed by atoms with E-state index in [-0.39, 0.29) is 59.3 Å². The van der Waals surface area contributed by atoms with Gasteiger partial charge >= 0.3 is 11.9 Å². The average molecular weight is 511 g/mol. The molecule has 1 atom stereocenters. The van der Waals surface area contributed by atoms with Gasteiger partial charge in [-0.3, -0.25) is 14.4 Å². The van der Waals surface area contributed by atoms with Crippen molar-refractivity contribution in [1.29, 1.82) is 0 Å². The summed E-state index contributed by atoms with van der Waals surface area (Å²) in [6.07, 6.45) is -0.0582. The van der Waals surface area contributed by atoms with Gasteiger partial charge in [0.05, 0.1) is 26.5 Å². The van der Waals surface area contributed by atoms with E-state index in [0.717, 1.165) is 0 Å². The van der Waals surface area contributed by atoms with Gasteiger partial charge in [-0.1, -0.05) is 0 Å². The number of methoxy groups -OCH3 is 2. The molecule has 0 radical (unpaired) electrons. The fourth-order valence-electron chi connectivity index (χ4n) is 3.26. The number of nitrogens with two attached hydrogens (primary N) is 3. The Bertz CT molecular complexity index is 1350. The molecule has 0 saturated heterocycles. The van der Waals surface area contributed by atoms with Crippen LogP contribution in [-0.2, 0) is 25.6 Å². The molecule has 2 aromatic heterocycles. The van der Waals surface area contributed by atoms with Crippen LogP contribution in [0.25, 0.3) is 11.2 Å². The molecule has 37 heavy (non-hydrogen) atoms. The van der Waals surface area contributed by atoms with E-state index in [0.29, 0.717) is 5.69 Å². The zero-order chi connectivity index (χ0) is 27.1. The van der Waals surface area contributed by atoms with E-state index in [4.69, 9.17) is 21.9 Å². The molecule has 15 nitrogen and oxygen atoms in total. The number of benzene rings is 1. The minimum absolute atomic E-state index is 0.000481. The third-order valence-electron chi connectivity index (χ3n) is 5.14. The van der Waals surface area contributed by atoms with E-state index in [2.05, 4.69) is 35.3 Å². The predicted octanol–water partition coefficient (Wildman–Crippen LogP) is -0.480. The summed E-state index contributed by atoms with van der Waals surface area (Å²) < 4.78 is 9.25. The standard InChI is InChI=1S/C22H25N9O6/c1-36-14(32)8-7-12(21(35)37-2)28-20(34)10-3-5-11(6-4-10)26-9-13-15(18(24)33)29-19-16(27-13)17(23)30-22(25)31-19/h3-6,12,26H,7-9H2,1-2H3,(H2,24,33)(H,28,34)(H4,23,25,29,30,31)/t12-/m1/s1. The lowest BCUT2D eigenvalue weighted by Crippen LogP contribution is -2.41. The first-order valence-electron chi connectivity index (χ1n) is 10.8. The number of nitrogens with zero attached hydrogens (tertiary/aromatic N) is 4. The maximum absolute atomic E-state index is 12.6. The zero-order valence-corrected chi connectivity index (χ0v) is 20.0. The number of rotatable bonds is 10. The number of hydrogen-bond acceptors (Lipinski definition) is 13. The van der Waals surface area contributed by atoms with Crippen LogP contribution in [-0.4, -0.2) is 64.0 Å². The number of nitrogens with one attached hydrogen (secondary N) is 2. The van der Waals surface area contributed by atoms with Crippen molar-refractivity contribution < 1.29 is 28.7 Å². The number of carbonyl (C=O) groups is 4. The van der Waals surface area contributed by atoms with Crippen LogP contribution in [0.2, 0.25) is 0 Å². The fourth-order valence-corrected chi connectivity index (χ4v) is 3.26. The lowest BCUT2D eigenvalue weighted by Gasteiger charge is -2.16. The number of carbonyl (C=O) groups excluding carboxylic acids is 4. The summed E-state index contributed by atoms with van der Waals surface area (Å²) in [6, 6.07) is 5.21. The van der Waals surface area contributed by atoms with Crippen LogP contribution in [0.1, 0.15) is 39.4 Å². The Balaban J connectivity index is 1.71. The summed E-state index contributed by atoms with van der Waals surface area (Å²) in [7, 11) is 2.41. The molecule has 1 aromatic carbocycles. The van der Waals surface area contributed by atoms with Gasteiger partial charge in [0.25, 0.3) is 11.8 Å². The highest BCUT2D eigenvalue weighted by Crippen LogP contribution is 2.19. The van der Waals surface area contributed by atoms with Crippen LogP contribution in [0.15, 0.2) is 24.3 Å². The van der Waals surface area contributed by atoms with E-state index in [1.807, 2.05) is 0 Å². The normalized spacial score (nSPS) is 11.4. The van der Waals surface area contributed by atoms with E-state index in [1.54, 1.807) is 12.1 Å². The summed E-state index contributed by atoms with van der Waals surface area (Å²) >= 11 is 0. The van der Waals surface area contributed by atoms with Crippen LogP contribution in [0.4, 0.5) is 17.5 Å². The molecule has 3 rings (SSSR count). The van der Waals surface area contributed by atoms with Crippen molar-refractivity contribution in [3.8, 4) is 0 Å². The smallest absolute Gasteiger partial charge is 0.328 e. The Morgan fingerprint density at radius 3 is 2.30 bits per heavy atom. The topological polar surface area (TPSA) is 240 Å². The number of ether oxygens (including phenoxy) is 2. The number of anilines is 3. The van der Waals surface area contributed by atoms with Gasteiger partial charge in [-0.15, -0.1) is 0 Å². The van der Waals surface area contributed by atoms with Crippen LogP contribution in [0.5, 0.6) is 0 Å². The molecule has 0 unspecified atom stereocenters. The second-order valence-electron chi connectivity index (χ2n) is 7.62. The lowest BCUT2D eigenvalue weighted by atomic mass is 10.1. The number of esters is 2. The van der Waals surface area contributed by atoms with Crippen molar-refractivity contribution in [2.45, 2.75) is 25.4 Å². The van der Waals surface area contributed by atoms with Crippen molar-refractivity contribution in [1.82, 2.24) is 25.3 Å². The molecule has 0 aliphatic carbocycles. The Labute approximate surface area is 210 Å². The van der Waals surface area contributed by atoms with Gasteiger partial charge in [0.15, 0.2) is 22.7 Å². The molecule has 0 fully saturated rings. The Hall–Kier alpha value is -5.08. The van der Waals surface area contributed by atoms with Crippen molar-refractivity contribution >= 4 is 52.4 Å². The summed E-state index contributed by atoms with van der Waals surface area (Å²) in [6.45, 7) is 0.0362. The monoisotopic (exact) mass is 511 g/mol. The second-order valence-corrected chi connectivity index (χ2v) is 7.62. The van der Waals surface area contributed by atoms with Crippen LogP contribution in [0, 0.1) is 0 Å². The molecule has 0 aliphatic heterocycles. The van der Waals surface area contributed by atoms with Crippen molar-refractivity contribution in [3.05, 3.63) is 41.2 Å². The van der Waals surface area contributed by atoms with Gasteiger partial charge in [0.1, 0.15) is 6.04 Å². The van der Waals surface area contributed by atoms with E-state index < -0.39 is 29.8 Å². The molecule has 3 aromatic rings. The predicted molar refractivity (Wildman–Crippen MR) is 131 cm³/mol. The fraction of sp³-hybridized carbons (Fsp3) is 0.273. The third-order valence-corrected chi connectivity index (χ3v) is 5.14. The number of amides is 2. The highest BCUT2D eigenvalue weighted by Gasteiger charge is 2.23. The SMILES string of the molecule is COC(=O)CC[C@@H](NC(=O)c1ccc(NCc2nc3c(N)nc(N)nc3nc2C(N)=O)cc1)C(=O)OC. The maximum Gasteiger partial charge on any atom is 0.328 e. The molecule has 2 amide bonds. The minimum atomic E-state index is -1.03. The Kier molecular flexibility index (Phi) is 8.29. The molecule has 8 N–H and O–H groups in total. The van der Waals surface area contributed by atoms with Crippen molar-refractivity contribution in [3.63, 3.8) is 0 Å². The second kappa shape index (κ2) is 11.6. The molecule has 0 saturated carbocycles. The molecular formula is C22H25N9O6. The van der Waals surface area contributed by atoms with E-state index in [1.165, 1.54) is 26.4 Å². The van der Waals surface area contributed by atoms with E-state index in [9.17, 15) is 19.2 Å². The summed E-state index contributed by atoms with van der Waals surface area (Å²) in [5, 5.41) is 5.59. The van der Waals surface area contributed by atoms with Crippen LogP contribution >= 0.6 is 0 Å². The minimum Gasteiger partial charge on any atom is -0.469 e. The van der Waals surface area contributed by atoms with Gasteiger partial charge in [0.2, 0.25) is 5.95 Å². The largest absolute Gasteiger partial charge is 0.469 e. The number of aromatic nitrogens is 4. The summed E-state index contributed by atoms with van der Waals surface area (Å²) in [5.74, 6) is -2.69. The van der Waals surface area contributed by atoms with Crippen molar-refractivity contribution in [2.75, 3.05) is 31.0 Å². The lowest BCUT2D eigenvalue weighted by molar-refractivity contribution is -0.144. The quantitative estimate of drug-likeness (QED) is 0.216. The van der Waals surface area contributed by atoms with Gasteiger partial charge in [-0.2, -0.15) is 9.97 Å². The summed E-state index contributed by atoms with van der Waals surface area (Å²) in [5.41, 5.74) is 18.0. The number of primary amides is 1. The van der Waals surface area contributed by atoms with Gasteiger partial charge in [0, 0.05) is 17.7 Å². The van der Waals surface area contributed by atoms with Crippen molar-refractivity contribution in [2.24, 2.45) is 5.73 Å². The molecule has 0 spiro atoms. The molecule has 2 heterocycles. The zero-order valence-electron chi connectivity index (χ0n) is 20.0. The maximum atomic E-state index is 12.6. The average Bonchev–Trinajstić information content (AvgIpc) is 2.88. The number of fused-ring (bicyclic) bond motifs is 1. The molecule has 15 heteroatoms. The molecule has 0 aliphatic rings. The molecule has 0 bridgehead atoms. The highest BCUT2D eigenvalue weighted by molar-refractivity contribution is 5.97. The first kappa shape index (κ1) is 26.5. The van der Waals surface area contributed by atoms with E-state index >= 15 is 0 Å². The number of hydrogen-bond donors (Lipinski definition) is 5. The van der Waals surface area contributed by atoms with Crippen LogP contribution < -0.4 is 27.8 Å².